The van der Waals surface area contributed by atoms with E-state index in [-0.39, 0.29) is 23.0 Å². The van der Waals surface area contributed by atoms with Gasteiger partial charge >= 0.3 is 5.97 Å². The minimum absolute atomic E-state index is 0.144. The molecule has 2 aromatic rings. The Morgan fingerprint density at radius 2 is 1.45 bits per heavy atom. The van der Waals surface area contributed by atoms with Crippen molar-refractivity contribution in [3.05, 3.63) is 65.2 Å². The number of carbonyl (C=O) groups excluding carboxylic acids is 5. The quantitative estimate of drug-likeness (QED) is 0.417. The Labute approximate surface area is 179 Å². The molecule has 1 atom stereocenters. The van der Waals surface area contributed by atoms with Crippen molar-refractivity contribution in [1.82, 2.24) is 4.90 Å². The third kappa shape index (κ3) is 4.69. The number of ketones is 1. The summed E-state index contributed by atoms with van der Waals surface area (Å²) in [5.41, 5.74) is 1.30. The highest BCUT2D eigenvalue weighted by Gasteiger charge is 2.37. The molecule has 0 spiro atoms. The number of hydrogen-bond acceptors (Lipinski definition) is 6. The Kier molecular flexibility index (Phi) is 6.29. The highest BCUT2D eigenvalue weighted by Crippen LogP contribution is 2.22. The van der Waals surface area contributed by atoms with Gasteiger partial charge in [-0.1, -0.05) is 26.0 Å². The number of nitrogens with one attached hydrogen (secondary N) is 1. The van der Waals surface area contributed by atoms with Crippen molar-refractivity contribution >= 4 is 35.2 Å². The van der Waals surface area contributed by atoms with Crippen LogP contribution in [-0.2, 0) is 14.3 Å². The van der Waals surface area contributed by atoms with Gasteiger partial charge in [0, 0.05) is 17.2 Å². The predicted octanol–water partition coefficient (Wildman–Crippen LogP) is 2.69. The van der Waals surface area contributed by atoms with Crippen molar-refractivity contribution in [2.45, 2.75) is 26.9 Å². The lowest BCUT2D eigenvalue weighted by Crippen LogP contribution is -2.37. The molecule has 1 unspecified atom stereocenters. The maximum atomic E-state index is 12.6. The molecule has 0 fully saturated rings. The van der Waals surface area contributed by atoms with Crippen molar-refractivity contribution in [1.29, 1.82) is 0 Å². The summed E-state index contributed by atoms with van der Waals surface area (Å²) < 4.78 is 5.15. The van der Waals surface area contributed by atoms with Crippen LogP contribution in [0.2, 0.25) is 0 Å². The van der Waals surface area contributed by atoms with Crippen LogP contribution < -0.4 is 5.32 Å². The summed E-state index contributed by atoms with van der Waals surface area (Å²) in [5, 5.41) is 2.72. The van der Waals surface area contributed by atoms with E-state index in [4.69, 9.17) is 4.74 Å². The molecule has 1 aliphatic rings. The summed E-state index contributed by atoms with van der Waals surface area (Å²) >= 11 is 0. The number of imide groups is 1. The third-order valence-electron chi connectivity index (χ3n) is 4.80. The van der Waals surface area contributed by atoms with E-state index in [1.165, 1.54) is 31.2 Å². The molecule has 160 valence electrons. The molecule has 0 saturated carbocycles. The minimum Gasteiger partial charge on any atom is -0.453 e. The van der Waals surface area contributed by atoms with Gasteiger partial charge in [0.05, 0.1) is 11.1 Å². The van der Waals surface area contributed by atoms with Gasteiger partial charge in [-0.15, -0.1) is 0 Å². The number of carbonyl (C=O) groups is 5. The molecule has 2 aromatic carbocycles. The Morgan fingerprint density at radius 3 is 1.97 bits per heavy atom. The number of ether oxygens (including phenoxy) is 1. The highest BCUT2D eigenvalue weighted by atomic mass is 16.5. The largest absolute Gasteiger partial charge is 0.453 e. The molecule has 1 aliphatic heterocycles. The van der Waals surface area contributed by atoms with Crippen LogP contribution in [0.3, 0.4) is 0 Å². The first-order valence-electron chi connectivity index (χ1n) is 9.79. The highest BCUT2D eigenvalue weighted by molar-refractivity contribution is 6.22. The second-order valence-corrected chi connectivity index (χ2v) is 7.46. The zero-order valence-corrected chi connectivity index (χ0v) is 17.4. The number of esters is 1. The molecule has 8 heteroatoms. The fourth-order valence-electron chi connectivity index (χ4n) is 3.04. The van der Waals surface area contributed by atoms with Gasteiger partial charge in [0.25, 0.3) is 11.8 Å². The predicted molar refractivity (Wildman–Crippen MR) is 112 cm³/mol. The number of anilines is 1. The smallest absolute Gasteiger partial charge is 0.326 e. The van der Waals surface area contributed by atoms with Crippen LogP contribution >= 0.6 is 0 Å². The van der Waals surface area contributed by atoms with Crippen LogP contribution in [0.1, 0.15) is 51.8 Å². The van der Waals surface area contributed by atoms with Crippen LogP contribution in [0.25, 0.3) is 0 Å². The Balaban J connectivity index is 1.59. The minimum atomic E-state index is -1.11. The molecule has 1 N–H and O–H groups in total. The van der Waals surface area contributed by atoms with Crippen LogP contribution in [-0.4, -0.2) is 47.0 Å². The van der Waals surface area contributed by atoms with Gasteiger partial charge in [-0.3, -0.25) is 28.9 Å². The zero-order valence-electron chi connectivity index (χ0n) is 17.4. The molecule has 3 rings (SSSR count). The third-order valence-corrected chi connectivity index (χ3v) is 4.80. The molecule has 0 aliphatic carbocycles. The Hall–Kier alpha value is -3.81. The van der Waals surface area contributed by atoms with E-state index < -0.39 is 36.2 Å². The first-order valence-corrected chi connectivity index (χ1v) is 9.79. The summed E-state index contributed by atoms with van der Waals surface area (Å²) in [4.78, 5) is 62.0. The molecule has 0 aromatic heterocycles. The lowest BCUT2D eigenvalue weighted by atomic mass is 10.1. The topological polar surface area (TPSA) is 110 Å². The fraction of sp³-hybridized carbons (Fsp3) is 0.261. The maximum absolute atomic E-state index is 12.6. The number of Topliss-reactive ketones (excluding diaryl/α,β-unsaturated/α-hetero) is 1. The number of rotatable bonds is 7. The second-order valence-electron chi connectivity index (χ2n) is 7.46. The molecule has 0 radical (unpaired) electrons. The summed E-state index contributed by atoms with van der Waals surface area (Å²) in [6.07, 6.45) is -1.11. The molecule has 3 amide bonds. The summed E-state index contributed by atoms with van der Waals surface area (Å²) in [7, 11) is 0. The Bertz CT molecular complexity index is 1020. The van der Waals surface area contributed by atoms with E-state index in [9.17, 15) is 24.0 Å². The van der Waals surface area contributed by atoms with Crippen molar-refractivity contribution < 1.29 is 28.7 Å². The molecule has 1 heterocycles. The number of amides is 3. The summed E-state index contributed by atoms with van der Waals surface area (Å²) in [6, 6.07) is 12.5. The van der Waals surface area contributed by atoms with Gasteiger partial charge in [-0.2, -0.15) is 0 Å². The summed E-state index contributed by atoms with van der Waals surface area (Å²) in [5.74, 6) is -2.78. The van der Waals surface area contributed by atoms with E-state index in [1.54, 1.807) is 38.1 Å². The number of nitrogens with zero attached hydrogens (tertiary/aromatic N) is 1. The molecule has 0 bridgehead atoms. The maximum Gasteiger partial charge on any atom is 0.326 e. The van der Waals surface area contributed by atoms with E-state index in [2.05, 4.69) is 5.32 Å². The molecule has 0 saturated heterocycles. The standard InChI is InChI=1S/C23H22N2O6/c1-13(2)21(28)24-16-10-8-15(9-11-16)20(27)14(3)31-19(26)12-25-22(29)17-6-4-5-7-18(17)23(25)30/h4-11,13-14H,12H2,1-3H3,(H,24,28). The fourth-order valence-corrected chi connectivity index (χ4v) is 3.04. The van der Waals surface area contributed by atoms with Crippen LogP contribution in [0.4, 0.5) is 5.69 Å². The normalized spacial score (nSPS) is 13.7. The van der Waals surface area contributed by atoms with Gasteiger partial charge in [-0.05, 0) is 43.3 Å². The molecule has 8 nitrogen and oxygen atoms in total. The lowest BCUT2D eigenvalue weighted by Gasteiger charge is -2.16. The first kappa shape index (κ1) is 21.9. The van der Waals surface area contributed by atoms with Crippen LogP contribution in [0.5, 0.6) is 0 Å². The van der Waals surface area contributed by atoms with Crippen molar-refractivity contribution in [2.24, 2.45) is 5.92 Å². The monoisotopic (exact) mass is 422 g/mol. The molecular weight excluding hydrogens is 400 g/mol. The van der Waals surface area contributed by atoms with Gasteiger partial charge in [0.2, 0.25) is 11.7 Å². The van der Waals surface area contributed by atoms with E-state index in [0.717, 1.165) is 4.90 Å². The summed E-state index contributed by atoms with van der Waals surface area (Å²) in [6.45, 7) is 4.37. The van der Waals surface area contributed by atoms with E-state index in [1.807, 2.05) is 0 Å². The van der Waals surface area contributed by atoms with Crippen LogP contribution in [0.15, 0.2) is 48.5 Å². The van der Waals surface area contributed by atoms with Crippen molar-refractivity contribution in [2.75, 3.05) is 11.9 Å². The van der Waals surface area contributed by atoms with Gasteiger partial charge in [0.15, 0.2) is 6.10 Å². The second kappa shape index (κ2) is 8.91. The Morgan fingerprint density at radius 1 is 0.903 bits per heavy atom. The van der Waals surface area contributed by atoms with Gasteiger partial charge in [-0.25, -0.2) is 0 Å². The SMILES string of the molecule is CC(C)C(=O)Nc1ccc(C(=O)C(C)OC(=O)CN2C(=O)c3ccccc3C2=O)cc1. The number of hydrogen-bond donors (Lipinski definition) is 1. The van der Waals surface area contributed by atoms with E-state index in [0.29, 0.717) is 11.3 Å². The van der Waals surface area contributed by atoms with Crippen LogP contribution in [0, 0.1) is 5.92 Å². The average Bonchev–Trinajstić information content (AvgIpc) is 2.98. The first-order chi connectivity index (χ1) is 14.7. The zero-order chi connectivity index (χ0) is 22.7. The van der Waals surface area contributed by atoms with Gasteiger partial charge < -0.3 is 10.1 Å². The van der Waals surface area contributed by atoms with Crippen molar-refractivity contribution in [3.63, 3.8) is 0 Å². The molecule has 31 heavy (non-hydrogen) atoms. The van der Waals surface area contributed by atoms with Gasteiger partial charge in [0.1, 0.15) is 6.54 Å². The van der Waals surface area contributed by atoms with Crippen molar-refractivity contribution in [3.8, 4) is 0 Å². The average molecular weight is 422 g/mol. The lowest BCUT2D eigenvalue weighted by molar-refractivity contribution is -0.146. The number of benzene rings is 2. The van der Waals surface area contributed by atoms with E-state index >= 15 is 0 Å². The molecular formula is C23H22N2O6. The number of fused-ring (bicyclic) bond motifs is 1.